The molecule has 1 aliphatic carbocycles. The average Bonchev–Trinajstić information content (AvgIpc) is 2.29. The van der Waals surface area contributed by atoms with E-state index in [0.29, 0.717) is 5.92 Å². The van der Waals surface area contributed by atoms with Crippen LogP contribution in [0, 0.1) is 0 Å². The quantitative estimate of drug-likeness (QED) is 0.784. The van der Waals surface area contributed by atoms with E-state index in [9.17, 15) is 5.11 Å². The Morgan fingerprint density at radius 3 is 2.93 bits per heavy atom. The second kappa shape index (κ2) is 4.80. The predicted octanol–water partition coefficient (Wildman–Crippen LogP) is 3.27. The number of rotatable bonds is 2. The summed E-state index contributed by atoms with van der Waals surface area (Å²) >= 11 is 0. The zero-order valence-corrected chi connectivity index (χ0v) is 9.45. The van der Waals surface area contributed by atoms with Gasteiger partial charge in [0.15, 0.2) is 0 Å². The zero-order chi connectivity index (χ0) is 10.7. The molecule has 1 aromatic rings. The van der Waals surface area contributed by atoms with Crippen LogP contribution in [-0.2, 0) is 6.42 Å². The molecule has 1 fully saturated rings. The molecular weight excluding hydrogens is 184 g/mol. The fourth-order valence-electron chi connectivity index (χ4n) is 2.53. The van der Waals surface area contributed by atoms with E-state index in [1.54, 1.807) is 0 Å². The lowest BCUT2D eigenvalue weighted by atomic mass is 9.82. The third-order valence-corrected chi connectivity index (χ3v) is 3.48. The second-order valence-corrected chi connectivity index (χ2v) is 4.62. The van der Waals surface area contributed by atoms with Gasteiger partial charge in [0.25, 0.3) is 0 Å². The molecule has 2 atom stereocenters. The van der Waals surface area contributed by atoms with Gasteiger partial charge >= 0.3 is 0 Å². The van der Waals surface area contributed by atoms with Crippen molar-refractivity contribution in [1.82, 2.24) is 0 Å². The van der Waals surface area contributed by atoms with Gasteiger partial charge in [0.1, 0.15) is 0 Å². The summed E-state index contributed by atoms with van der Waals surface area (Å²) in [5.41, 5.74) is 2.83. The molecular formula is C14H20O. The Kier molecular flexibility index (Phi) is 3.42. The van der Waals surface area contributed by atoms with Crippen LogP contribution in [0.3, 0.4) is 0 Å². The van der Waals surface area contributed by atoms with Crippen molar-refractivity contribution in [1.29, 1.82) is 0 Å². The average molecular weight is 204 g/mol. The van der Waals surface area contributed by atoms with Gasteiger partial charge in [0.05, 0.1) is 6.10 Å². The third-order valence-electron chi connectivity index (χ3n) is 3.48. The van der Waals surface area contributed by atoms with Gasteiger partial charge < -0.3 is 5.11 Å². The van der Waals surface area contributed by atoms with Gasteiger partial charge in [-0.15, -0.1) is 0 Å². The summed E-state index contributed by atoms with van der Waals surface area (Å²) in [6, 6.07) is 8.85. The lowest BCUT2D eigenvalue weighted by molar-refractivity contribution is 0.119. The Balaban J connectivity index is 2.13. The molecule has 1 aliphatic rings. The van der Waals surface area contributed by atoms with Crippen LogP contribution in [0.1, 0.15) is 49.7 Å². The van der Waals surface area contributed by atoms with Gasteiger partial charge in [0.2, 0.25) is 0 Å². The first-order valence-corrected chi connectivity index (χ1v) is 6.06. The van der Waals surface area contributed by atoms with Crippen molar-refractivity contribution in [2.24, 2.45) is 0 Å². The molecule has 0 aliphatic heterocycles. The van der Waals surface area contributed by atoms with Gasteiger partial charge in [0, 0.05) is 0 Å². The van der Waals surface area contributed by atoms with Crippen LogP contribution >= 0.6 is 0 Å². The molecule has 0 amide bonds. The zero-order valence-electron chi connectivity index (χ0n) is 9.45. The molecule has 0 bridgehead atoms. The summed E-state index contributed by atoms with van der Waals surface area (Å²) < 4.78 is 0. The van der Waals surface area contributed by atoms with E-state index >= 15 is 0 Å². The molecule has 2 rings (SSSR count). The van der Waals surface area contributed by atoms with Crippen molar-refractivity contribution < 1.29 is 5.11 Å². The van der Waals surface area contributed by atoms with Crippen molar-refractivity contribution in [3.8, 4) is 0 Å². The highest BCUT2D eigenvalue weighted by Gasteiger charge is 2.21. The predicted molar refractivity (Wildman–Crippen MR) is 63.0 cm³/mol. The fourth-order valence-corrected chi connectivity index (χ4v) is 2.53. The summed E-state index contributed by atoms with van der Waals surface area (Å²) in [4.78, 5) is 0. The topological polar surface area (TPSA) is 20.2 Å². The SMILES string of the molecule is CCc1cccc(C2CCCC(O)C2)c1. The summed E-state index contributed by atoms with van der Waals surface area (Å²) in [6.45, 7) is 2.19. The third kappa shape index (κ3) is 2.60. The van der Waals surface area contributed by atoms with E-state index in [2.05, 4.69) is 31.2 Å². The van der Waals surface area contributed by atoms with Crippen molar-refractivity contribution in [3.63, 3.8) is 0 Å². The maximum absolute atomic E-state index is 9.67. The van der Waals surface area contributed by atoms with E-state index in [1.807, 2.05) is 0 Å². The molecule has 1 N–H and O–H groups in total. The number of hydrogen-bond donors (Lipinski definition) is 1. The first kappa shape index (κ1) is 10.7. The van der Waals surface area contributed by atoms with Crippen LogP contribution in [-0.4, -0.2) is 11.2 Å². The smallest absolute Gasteiger partial charge is 0.0546 e. The molecule has 0 heterocycles. The van der Waals surface area contributed by atoms with Gasteiger partial charge in [-0.1, -0.05) is 37.6 Å². The van der Waals surface area contributed by atoms with Crippen molar-refractivity contribution in [2.45, 2.75) is 51.0 Å². The summed E-state index contributed by atoms with van der Waals surface area (Å²) in [5.74, 6) is 0.584. The molecule has 0 aromatic heterocycles. The molecule has 1 nitrogen and oxygen atoms in total. The van der Waals surface area contributed by atoms with Crippen molar-refractivity contribution in [3.05, 3.63) is 35.4 Å². The summed E-state index contributed by atoms with van der Waals surface area (Å²) in [7, 11) is 0. The molecule has 15 heavy (non-hydrogen) atoms. The fraction of sp³-hybridized carbons (Fsp3) is 0.571. The Morgan fingerprint density at radius 2 is 2.20 bits per heavy atom. The monoisotopic (exact) mass is 204 g/mol. The lowest BCUT2D eigenvalue weighted by Gasteiger charge is -2.26. The standard InChI is InChI=1S/C14H20O/c1-2-11-5-3-6-12(9-11)13-7-4-8-14(15)10-13/h3,5-6,9,13-15H,2,4,7-8,10H2,1H3. The normalized spacial score (nSPS) is 26.5. The Bertz CT molecular complexity index is 319. The van der Waals surface area contributed by atoms with E-state index in [-0.39, 0.29) is 6.10 Å². The highest BCUT2D eigenvalue weighted by Crippen LogP contribution is 2.33. The molecule has 1 aromatic carbocycles. The second-order valence-electron chi connectivity index (χ2n) is 4.62. The minimum atomic E-state index is -0.0750. The lowest BCUT2D eigenvalue weighted by Crippen LogP contribution is -2.18. The van der Waals surface area contributed by atoms with Crippen LogP contribution in [0.25, 0.3) is 0 Å². The van der Waals surface area contributed by atoms with E-state index in [4.69, 9.17) is 0 Å². The molecule has 1 heteroatoms. The molecule has 1 saturated carbocycles. The molecule has 82 valence electrons. The number of aryl methyl sites for hydroxylation is 1. The number of aliphatic hydroxyl groups excluding tert-OH is 1. The first-order chi connectivity index (χ1) is 7.29. The minimum absolute atomic E-state index is 0.0750. The van der Waals surface area contributed by atoms with Crippen LogP contribution in [0.2, 0.25) is 0 Å². The van der Waals surface area contributed by atoms with E-state index in [0.717, 1.165) is 19.3 Å². The summed E-state index contributed by atoms with van der Waals surface area (Å²) in [5, 5.41) is 9.67. The Labute approximate surface area is 92.1 Å². The summed E-state index contributed by atoms with van der Waals surface area (Å²) in [6.07, 6.45) is 5.38. The maximum Gasteiger partial charge on any atom is 0.0546 e. The Morgan fingerprint density at radius 1 is 1.33 bits per heavy atom. The molecule has 0 saturated heterocycles. The highest BCUT2D eigenvalue weighted by molar-refractivity contribution is 5.26. The van der Waals surface area contributed by atoms with Crippen LogP contribution in [0.15, 0.2) is 24.3 Å². The van der Waals surface area contributed by atoms with Gasteiger partial charge in [-0.2, -0.15) is 0 Å². The van der Waals surface area contributed by atoms with E-state index in [1.165, 1.54) is 24.0 Å². The molecule has 2 unspecified atom stereocenters. The van der Waals surface area contributed by atoms with Crippen molar-refractivity contribution in [2.75, 3.05) is 0 Å². The maximum atomic E-state index is 9.67. The number of aliphatic hydroxyl groups is 1. The minimum Gasteiger partial charge on any atom is -0.393 e. The Hall–Kier alpha value is -0.820. The van der Waals surface area contributed by atoms with Gasteiger partial charge in [-0.3, -0.25) is 0 Å². The van der Waals surface area contributed by atoms with Crippen LogP contribution < -0.4 is 0 Å². The van der Waals surface area contributed by atoms with Crippen LogP contribution in [0.4, 0.5) is 0 Å². The first-order valence-electron chi connectivity index (χ1n) is 6.06. The number of benzene rings is 1. The highest BCUT2D eigenvalue weighted by atomic mass is 16.3. The van der Waals surface area contributed by atoms with Crippen molar-refractivity contribution >= 4 is 0 Å². The largest absolute Gasteiger partial charge is 0.393 e. The van der Waals surface area contributed by atoms with E-state index < -0.39 is 0 Å². The van der Waals surface area contributed by atoms with Crippen LogP contribution in [0.5, 0.6) is 0 Å². The molecule has 0 spiro atoms. The van der Waals surface area contributed by atoms with Gasteiger partial charge in [-0.05, 0) is 42.7 Å². The number of hydrogen-bond acceptors (Lipinski definition) is 1. The van der Waals surface area contributed by atoms with Gasteiger partial charge in [-0.25, -0.2) is 0 Å². The molecule has 0 radical (unpaired) electrons.